The predicted octanol–water partition coefficient (Wildman–Crippen LogP) is 0.701. The Bertz CT molecular complexity index is 318. The van der Waals surface area contributed by atoms with Gasteiger partial charge in [-0.25, -0.2) is 0 Å². The van der Waals surface area contributed by atoms with Crippen molar-refractivity contribution in [1.82, 2.24) is 15.1 Å². The first-order valence-electron chi connectivity index (χ1n) is 7.19. The van der Waals surface area contributed by atoms with Crippen molar-refractivity contribution in [2.24, 2.45) is 5.92 Å². The molecule has 0 aromatic rings. The van der Waals surface area contributed by atoms with Crippen LogP contribution in [0.4, 0.5) is 0 Å². The summed E-state index contributed by atoms with van der Waals surface area (Å²) in [6.07, 6.45) is 2.83. The minimum Gasteiger partial charge on any atom is -0.347 e. The van der Waals surface area contributed by atoms with Gasteiger partial charge in [0.25, 0.3) is 0 Å². The molecule has 1 N–H and O–H groups in total. The molecule has 5 nitrogen and oxygen atoms in total. The van der Waals surface area contributed by atoms with E-state index in [-0.39, 0.29) is 30.3 Å². The summed E-state index contributed by atoms with van der Waals surface area (Å²) in [5, 5.41) is 3.34. The zero-order valence-electron chi connectivity index (χ0n) is 12.6. The summed E-state index contributed by atoms with van der Waals surface area (Å²) in [7, 11) is 3.45. The Balaban J connectivity index is 2.68. The molecule has 1 rings (SSSR count). The molecule has 1 fully saturated rings. The van der Waals surface area contributed by atoms with Crippen LogP contribution in [-0.4, -0.2) is 61.4 Å². The number of nitrogens with one attached hydrogen (secondary N) is 1. The molecular formula is C14H27N3O2. The summed E-state index contributed by atoms with van der Waals surface area (Å²) >= 11 is 0. The van der Waals surface area contributed by atoms with E-state index in [0.29, 0.717) is 6.54 Å². The molecule has 2 amide bonds. The van der Waals surface area contributed by atoms with E-state index in [1.807, 2.05) is 6.92 Å². The topological polar surface area (TPSA) is 52.7 Å². The molecule has 0 bridgehead atoms. The molecule has 0 saturated carbocycles. The average molecular weight is 269 g/mol. The van der Waals surface area contributed by atoms with Gasteiger partial charge in [-0.05, 0) is 32.7 Å². The lowest BCUT2D eigenvalue weighted by atomic mass is 9.90. The third-order valence-electron chi connectivity index (χ3n) is 3.71. The fourth-order valence-corrected chi connectivity index (χ4v) is 2.46. The van der Waals surface area contributed by atoms with Gasteiger partial charge in [-0.1, -0.05) is 6.92 Å². The number of likely N-dealkylation sites (N-methyl/N-ethyl adjacent to an activating group) is 1. The van der Waals surface area contributed by atoms with E-state index < -0.39 is 0 Å². The molecule has 0 aromatic carbocycles. The fourth-order valence-electron chi connectivity index (χ4n) is 2.46. The van der Waals surface area contributed by atoms with Crippen LogP contribution in [0.1, 0.15) is 33.1 Å². The Morgan fingerprint density at radius 1 is 1.32 bits per heavy atom. The summed E-state index contributed by atoms with van der Waals surface area (Å²) in [4.78, 5) is 27.6. The van der Waals surface area contributed by atoms with Gasteiger partial charge >= 0.3 is 0 Å². The molecule has 19 heavy (non-hydrogen) atoms. The number of amides is 2. The molecule has 0 aliphatic carbocycles. The van der Waals surface area contributed by atoms with Crippen molar-refractivity contribution in [2.45, 2.75) is 39.2 Å². The summed E-state index contributed by atoms with van der Waals surface area (Å²) < 4.78 is 0. The van der Waals surface area contributed by atoms with Crippen molar-refractivity contribution in [1.29, 1.82) is 0 Å². The third-order valence-corrected chi connectivity index (χ3v) is 3.71. The summed E-state index contributed by atoms with van der Waals surface area (Å²) in [5.41, 5.74) is 0. The highest BCUT2D eigenvalue weighted by Crippen LogP contribution is 2.19. The van der Waals surface area contributed by atoms with Crippen molar-refractivity contribution in [3.8, 4) is 0 Å². The Hall–Kier alpha value is -1.10. The molecule has 2 unspecified atom stereocenters. The molecule has 0 spiro atoms. The van der Waals surface area contributed by atoms with Crippen molar-refractivity contribution in [3.05, 3.63) is 0 Å². The minimum absolute atomic E-state index is 0.00950. The third kappa shape index (κ3) is 4.49. The second-order valence-corrected chi connectivity index (χ2v) is 5.54. The van der Waals surface area contributed by atoms with Gasteiger partial charge in [-0.3, -0.25) is 9.59 Å². The Labute approximate surface area is 116 Å². The molecule has 0 aromatic heterocycles. The summed E-state index contributed by atoms with van der Waals surface area (Å²) in [6, 6.07) is 0.204. The lowest BCUT2D eigenvalue weighted by Gasteiger charge is -2.33. The van der Waals surface area contributed by atoms with Crippen molar-refractivity contribution in [3.63, 3.8) is 0 Å². The normalized spacial score (nSPS) is 22.9. The first-order valence-corrected chi connectivity index (χ1v) is 7.19. The van der Waals surface area contributed by atoms with Crippen LogP contribution in [0.2, 0.25) is 0 Å². The van der Waals surface area contributed by atoms with Crippen molar-refractivity contribution in [2.75, 3.05) is 33.7 Å². The van der Waals surface area contributed by atoms with E-state index in [0.717, 1.165) is 25.8 Å². The average Bonchev–Trinajstić information content (AvgIpc) is 2.37. The van der Waals surface area contributed by atoms with Gasteiger partial charge in [0.2, 0.25) is 11.8 Å². The van der Waals surface area contributed by atoms with E-state index in [1.165, 1.54) is 0 Å². The number of hydrogen-bond acceptors (Lipinski definition) is 3. The second kappa shape index (κ2) is 7.48. The van der Waals surface area contributed by atoms with E-state index in [1.54, 1.807) is 23.9 Å². The van der Waals surface area contributed by atoms with E-state index in [4.69, 9.17) is 0 Å². The van der Waals surface area contributed by atoms with Crippen molar-refractivity contribution < 1.29 is 9.59 Å². The van der Waals surface area contributed by atoms with E-state index >= 15 is 0 Å². The Morgan fingerprint density at radius 3 is 2.53 bits per heavy atom. The van der Waals surface area contributed by atoms with Gasteiger partial charge in [-0.15, -0.1) is 0 Å². The zero-order chi connectivity index (χ0) is 14.4. The largest absolute Gasteiger partial charge is 0.347 e. The van der Waals surface area contributed by atoms with Crippen molar-refractivity contribution >= 4 is 11.8 Å². The number of nitrogens with zero attached hydrogens (tertiary/aromatic N) is 2. The van der Waals surface area contributed by atoms with Crippen LogP contribution in [0.5, 0.6) is 0 Å². The van der Waals surface area contributed by atoms with Crippen LogP contribution < -0.4 is 5.32 Å². The Morgan fingerprint density at radius 2 is 2.00 bits per heavy atom. The maximum atomic E-state index is 12.6. The van der Waals surface area contributed by atoms with E-state index in [9.17, 15) is 9.59 Å². The van der Waals surface area contributed by atoms with Crippen LogP contribution in [0.3, 0.4) is 0 Å². The van der Waals surface area contributed by atoms with Gasteiger partial charge in [0.05, 0.1) is 12.5 Å². The highest BCUT2D eigenvalue weighted by molar-refractivity contribution is 5.86. The van der Waals surface area contributed by atoms with E-state index in [2.05, 4.69) is 12.2 Å². The monoisotopic (exact) mass is 269 g/mol. The molecule has 1 saturated heterocycles. The SMILES string of the molecule is CCCN(CC(=O)N(C)C)C(=O)C1CCCNC1C. The molecule has 1 aliphatic rings. The van der Waals surface area contributed by atoms with Gasteiger partial charge < -0.3 is 15.1 Å². The fraction of sp³-hybridized carbons (Fsp3) is 0.857. The molecular weight excluding hydrogens is 242 g/mol. The molecule has 2 atom stereocenters. The maximum absolute atomic E-state index is 12.6. The number of piperidine rings is 1. The first kappa shape index (κ1) is 16.0. The predicted molar refractivity (Wildman–Crippen MR) is 75.8 cm³/mol. The number of hydrogen-bond donors (Lipinski definition) is 1. The first-order chi connectivity index (χ1) is 8.97. The second-order valence-electron chi connectivity index (χ2n) is 5.54. The highest BCUT2D eigenvalue weighted by Gasteiger charge is 2.31. The molecule has 1 aliphatic heterocycles. The summed E-state index contributed by atoms with van der Waals surface area (Å²) in [6.45, 7) is 5.92. The van der Waals surface area contributed by atoms with Crippen LogP contribution in [0, 0.1) is 5.92 Å². The van der Waals surface area contributed by atoms with Gasteiger partial charge in [0.15, 0.2) is 0 Å². The lowest BCUT2D eigenvalue weighted by molar-refractivity contribution is -0.143. The summed E-state index contributed by atoms with van der Waals surface area (Å²) in [5.74, 6) is 0.116. The maximum Gasteiger partial charge on any atom is 0.241 e. The molecule has 110 valence electrons. The molecule has 5 heteroatoms. The van der Waals surface area contributed by atoms with Crippen LogP contribution in [0.25, 0.3) is 0 Å². The van der Waals surface area contributed by atoms with Gasteiger partial charge in [-0.2, -0.15) is 0 Å². The quantitative estimate of drug-likeness (QED) is 0.799. The van der Waals surface area contributed by atoms with Crippen LogP contribution in [0.15, 0.2) is 0 Å². The lowest BCUT2D eigenvalue weighted by Crippen LogP contribution is -2.50. The molecule has 1 heterocycles. The Kier molecular flexibility index (Phi) is 6.28. The minimum atomic E-state index is -0.0155. The number of rotatable bonds is 5. The molecule has 0 radical (unpaired) electrons. The zero-order valence-corrected chi connectivity index (χ0v) is 12.6. The standard InChI is InChI=1S/C14H27N3O2/c1-5-9-17(10-13(18)16(3)4)14(19)12-7-6-8-15-11(12)2/h11-12,15H,5-10H2,1-4H3. The van der Waals surface area contributed by atoms with Crippen LogP contribution in [-0.2, 0) is 9.59 Å². The van der Waals surface area contributed by atoms with Gasteiger partial charge in [0, 0.05) is 26.7 Å². The number of carbonyl (C=O) groups excluding carboxylic acids is 2. The van der Waals surface area contributed by atoms with Crippen LogP contribution >= 0.6 is 0 Å². The smallest absolute Gasteiger partial charge is 0.241 e. The highest BCUT2D eigenvalue weighted by atomic mass is 16.2. The number of carbonyl (C=O) groups is 2. The van der Waals surface area contributed by atoms with Gasteiger partial charge in [0.1, 0.15) is 0 Å².